The molecule has 100 valence electrons. The molecule has 0 saturated carbocycles. The summed E-state index contributed by atoms with van der Waals surface area (Å²) in [5.41, 5.74) is 4.72. The van der Waals surface area contributed by atoms with Gasteiger partial charge in [-0.2, -0.15) is 18.3 Å². The van der Waals surface area contributed by atoms with Gasteiger partial charge in [0.05, 0.1) is 5.56 Å². The lowest BCUT2D eigenvalue weighted by Crippen LogP contribution is -2.12. The standard InChI is InChI=1S/C12H10F3N3O/c1-18-10(4-5-17-18)11(19)8-3-2-7(6-9(8)16)12(13,14)15/h2-6H,16H2,1H3. The van der Waals surface area contributed by atoms with Gasteiger partial charge in [0.2, 0.25) is 5.78 Å². The van der Waals surface area contributed by atoms with Crippen molar-refractivity contribution < 1.29 is 18.0 Å². The molecule has 7 heteroatoms. The van der Waals surface area contributed by atoms with Gasteiger partial charge < -0.3 is 5.73 Å². The highest BCUT2D eigenvalue weighted by molar-refractivity contribution is 6.11. The minimum atomic E-state index is -4.48. The van der Waals surface area contributed by atoms with Crippen LogP contribution in [0.25, 0.3) is 0 Å². The number of nitrogens with two attached hydrogens (primary N) is 1. The molecular formula is C12H10F3N3O. The molecule has 0 atom stereocenters. The van der Waals surface area contributed by atoms with Crippen molar-refractivity contribution >= 4 is 11.5 Å². The topological polar surface area (TPSA) is 60.9 Å². The number of halogens is 3. The highest BCUT2D eigenvalue weighted by Crippen LogP contribution is 2.31. The van der Waals surface area contributed by atoms with Crippen LogP contribution in [-0.2, 0) is 13.2 Å². The minimum Gasteiger partial charge on any atom is -0.398 e. The van der Waals surface area contributed by atoms with Gasteiger partial charge in [0, 0.05) is 24.5 Å². The van der Waals surface area contributed by atoms with Crippen molar-refractivity contribution in [1.29, 1.82) is 0 Å². The van der Waals surface area contributed by atoms with Crippen LogP contribution in [0.4, 0.5) is 18.9 Å². The van der Waals surface area contributed by atoms with Gasteiger partial charge in [-0.3, -0.25) is 9.48 Å². The number of anilines is 1. The molecule has 4 nitrogen and oxygen atoms in total. The number of ketones is 1. The fourth-order valence-corrected chi connectivity index (χ4v) is 1.68. The summed E-state index contributed by atoms with van der Waals surface area (Å²) in [6.45, 7) is 0. The zero-order valence-corrected chi connectivity index (χ0v) is 9.90. The second kappa shape index (κ2) is 4.42. The molecule has 1 aromatic heterocycles. The van der Waals surface area contributed by atoms with Gasteiger partial charge in [-0.25, -0.2) is 0 Å². The van der Waals surface area contributed by atoms with Crippen molar-refractivity contribution in [1.82, 2.24) is 9.78 Å². The summed E-state index contributed by atoms with van der Waals surface area (Å²) in [7, 11) is 1.56. The predicted octanol–water partition coefficient (Wildman–Crippen LogP) is 2.25. The van der Waals surface area contributed by atoms with E-state index in [1.807, 2.05) is 0 Å². The van der Waals surface area contributed by atoms with Crippen LogP contribution in [0.15, 0.2) is 30.5 Å². The number of nitrogens with zero attached hydrogens (tertiary/aromatic N) is 2. The lowest BCUT2D eigenvalue weighted by atomic mass is 10.0. The molecule has 1 aromatic carbocycles. The van der Waals surface area contributed by atoms with Crippen LogP contribution >= 0.6 is 0 Å². The maximum atomic E-state index is 12.5. The molecule has 0 spiro atoms. The van der Waals surface area contributed by atoms with Crippen LogP contribution in [0.1, 0.15) is 21.6 Å². The lowest BCUT2D eigenvalue weighted by Gasteiger charge is -2.10. The molecule has 0 radical (unpaired) electrons. The van der Waals surface area contributed by atoms with Gasteiger partial charge in [0.1, 0.15) is 5.69 Å². The van der Waals surface area contributed by atoms with Crippen LogP contribution in [0, 0.1) is 0 Å². The van der Waals surface area contributed by atoms with Gasteiger partial charge >= 0.3 is 6.18 Å². The van der Waals surface area contributed by atoms with Crippen LogP contribution < -0.4 is 5.73 Å². The molecule has 0 unspecified atom stereocenters. The number of rotatable bonds is 2. The Bertz CT molecular complexity index is 631. The molecule has 0 amide bonds. The monoisotopic (exact) mass is 269 g/mol. The molecule has 0 aliphatic carbocycles. The Morgan fingerprint density at radius 2 is 2.00 bits per heavy atom. The van der Waals surface area contributed by atoms with Crippen LogP contribution in [0.3, 0.4) is 0 Å². The fraction of sp³-hybridized carbons (Fsp3) is 0.167. The molecule has 0 bridgehead atoms. The van der Waals surface area contributed by atoms with Gasteiger partial charge in [-0.15, -0.1) is 0 Å². The number of carbonyl (C=O) groups is 1. The number of hydrogen-bond donors (Lipinski definition) is 1. The number of nitrogen functional groups attached to an aromatic ring is 1. The van der Waals surface area contributed by atoms with Crippen molar-refractivity contribution in [3.05, 3.63) is 47.3 Å². The second-order valence-corrected chi connectivity index (χ2v) is 3.97. The number of alkyl halides is 3. The highest BCUT2D eigenvalue weighted by Gasteiger charge is 2.31. The third-order valence-corrected chi connectivity index (χ3v) is 2.68. The summed E-state index contributed by atoms with van der Waals surface area (Å²) in [5, 5.41) is 3.82. The van der Waals surface area contributed by atoms with Gasteiger partial charge in [-0.05, 0) is 24.3 Å². The Labute approximate surface area is 106 Å². The fourth-order valence-electron chi connectivity index (χ4n) is 1.68. The average Bonchev–Trinajstić information content (AvgIpc) is 2.73. The largest absolute Gasteiger partial charge is 0.416 e. The first-order chi connectivity index (χ1) is 8.80. The van der Waals surface area contributed by atoms with E-state index < -0.39 is 17.5 Å². The highest BCUT2D eigenvalue weighted by atomic mass is 19.4. The molecule has 1 heterocycles. The number of aryl methyl sites for hydroxylation is 1. The summed E-state index contributed by atoms with van der Waals surface area (Å²) in [5.74, 6) is -0.466. The third kappa shape index (κ3) is 2.44. The van der Waals surface area contributed by atoms with E-state index in [0.29, 0.717) is 0 Å². The maximum absolute atomic E-state index is 12.5. The Hall–Kier alpha value is -2.31. The predicted molar refractivity (Wildman–Crippen MR) is 62.5 cm³/mol. The maximum Gasteiger partial charge on any atom is 0.416 e. The summed E-state index contributed by atoms with van der Waals surface area (Å²) in [6.07, 6.45) is -3.06. The van der Waals surface area contributed by atoms with E-state index in [9.17, 15) is 18.0 Å². The summed E-state index contributed by atoms with van der Waals surface area (Å²) in [4.78, 5) is 12.1. The molecule has 19 heavy (non-hydrogen) atoms. The number of carbonyl (C=O) groups excluding carboxylic acids is 1. The van der Waals surface area contributed by atoms with Crippen LogP contribution in [0.2, 0.25) is 0 Å². The van der Waals surface area contributed by atoms with Crippen molar-refractivity contribution in [3.8, 4) is 0 Å². The smallest absolute Gasteiger partial charge is 0.398 e. The number of hydrogen-bond acceptors (Lipinski definition) is 3. The Kier molecular flexibility index (Phi) is 3.05. The van der Waals surface area contributed by atoms with E-state index >= 15 is 0 Å². The first-order valence-electron chi connectivity index (χ1n) is 5.30. The van der Waals surface area contributed by atoms with Gasteiger partial charge in [0.15, 0.2) is 0 Å². The second-order valence-electron chi connectivity index (χ2n) is 3.97. The normalized spacial score (nSPS) is 11.6. The van der Waals surface area contributed by atoms with E-state index in [4.69, 9.17) is 5.73 Å². The van der Waals surface area contributed by atoms with Gasteiger partial charge in [-0.1, -0.05) is 0 Å². The van der Waals surface area contributed by atoms with E-state index in [2.05, 4.69) is 5.10 Å². The summed E-state index contributed by atoms with van der Waals surface area (Å²) in [6, 6.07) is 4.14. The van der Waals surface area contributed by atoms with Crippen LogP contribution in [0.5, 0.6) is 0 Å². The number of aromatic nitrogens is 2. The van der Waals surface area contributed by atoms with E-state index in [-0.39, 0.29) is 16.9 Å². The van der Waals surface area contributed by atoms with Crippen molar-refractivity contribution in [3.63, 3.8) is 0 Å². The first-order valence-corrected chi connectivity index (χ1v) is 5.30. The molecule has 0 aliphatic heterocycles. The SMILES string of the molecule is Cn1nccc1C(=O)c1ccc(C(F)(F)F)cc1N. The van der Waals surface area contributed by atoms with Crippen molar-refractivity contribution in [2.75, 3.05) is 5.73 Å². The molecule has 0 fully saturated rings. The minimum absolute atomic E-state index is 0.0246. The molecular weight excluding hydrogens is 259 g/mol. The molecule has 0 saturated heterocycles. The van der Waals surface area contributed by atoms with Gasteiger partial charge in [0.25, 0.3) is 0 Å². The average molecular weight is 269 g/mol. The van der Waals surface area contributed by atoms with Crippen molar-refractivity contribution in [2.24, 2.45) is 7.05 Å². The molecule has 2 N–H and O–H groups in total. The zero-order chi connectivity index (χ0) is 14.2. The van der Waals surface area contributed by atoms with E-state index in [0.717, 1.165) is 18.2 Å². The van der Waals surface area contributed by atoms with Crippen molar-refractivity contribution in [2.45, 2.75) is 6.18 Å². The lowest BCUT2D eigenvalue weighted by molar-refractivity contribution is -0.137. The van der Waals surface area contributed by atoms with Crippen LogP contribution in [-0.4, -0.2) is 15.6 Å². The first kappa shape index (κ1) is 13.1. The summed E-state index contributed by atoms with van der Waals surface area (Å²) >= 11 is 0. The van der Waals surface area contributed by atoms with E-state index in [1.165, 1.54) is 16.9 Å². The molecule has 2 aromatic rings. The van der Waals surface area contributed by atoms with E-state index in [1.54, 1.807) is 7.05 Å². The summed E-state index contributed by atoms with van der Waals surface area (Å²) < 4.78 is 38.8. The quantitative estimate of drug-likeness (QED) is 0.672. The zero-order valence-electron chi connectivity index (χ0n) is 9.90. The Morgan fingerprint density at radius 3 is 2.47 bits per heavy atom. The molecule has 2 rings (SSSR count). The number of benzene rings is 1. The Balaban J connectivity index is 2.43. The Morgan fingerprint density at radius 1 is 1.32 bits per heavy atom. The molecule has 0 aliphatic rings. The third-order valence-electron chi connectivity index (χ3n) is 2.68.